The molecule has 6 rings (SSSR count). The number of nitrogens with zero attached hydrogens (tertiary/aromatic N) is 1. The number of benzene rings is 5. The van der Waals surface area contributed by atoms with Gasteiger partial charge in [-0.2, -0.15) is 0 Å². The highest BCUT2D eigenvalue weighted by Crippen LogP contribution is 2.37. The first-order valence-corrected chi connectivity index (χ1v) is 13.5. The Kier molecular flexibility index (Phi) is 5.64. The van der Waals surface area contributed by atoms with Crippen molar-refractivity contribution in [2.24, 2.45) is 0 Å². The van der Waals surface area contributed by atoms with E-state index in [4.69, 9.17) is 0 Å². The van der Waals surface area contributed by atoms with Crippen LogP contribution in [-0.4, -0.2) is 12.4 Å². The van der Waals surface area contributed by atoms with Gasteiger partial charge < -0.3 is 0 Å². The second-order valence-corrected chi connectivity index (χ2v) is 10.8. The largest absolute Gasteiger partial charge is 0.269 e. The number of aryl methyl sites for hydroxylation is 1. The molecule has 1 heterocycles. The number of para-hydroxylation sites is 1. The monoisotopic (exact) mass is 497 g/mol. The van der Waals surface area contributed by atoms with E-state index in [-0.39, 0.29) is 4.90 Å². The highest BCUT2D eigenvalue weighted by Gasteiger charge is 2.27. The Bertz CT molecular complexity index is 1930. The molecule has 0 fully saturated rings. The summed E-state index contributed by atoms with van der Waals surface area (Å²) in [7, 11) is -3.93. The molecule has 0 radical (unpaired) electrons. The number of rotatable bonds is 3. The predicted molar refractivity (Wildman–Crippen MR) is 151 cm³/mol. The van der Waals surface area contributed by atoms with Gasteiger partial charge in [-0.15, -0.1) is 0 Å². The van der Waals surface area contributed by atoms with E-state index in [0.717, 1.165) is 38.4 Å². The Labute approximate surface area is 216 Å². The van der Waals surface area contributed by atoms with Crippen molar-refractivity contribution < 1.29 is 8.42 Å². The van der Waals surface area contributed by atoms with E-state index in [0.29, 0.717) is 11.2 Å². The van der Waals surface area contributed by atoms with Gasteiger partial charge in [-0.05, 0) is 53.4 Å². The van der Waals surface area contributed by atoms with Gasteiger partial charge >= 0.3 is 0 Å². The Morgan fingerprint density at radius 3 is 2.05 bits per heavy atom. The Morgan fingerprint density at radius 2 is 1.27 bits per heavy atom. The van der Waals surface area contributed by atoms with E-state index < -0.39 is 10.0 Å². The molecule has 0 aliphatic heterocycles. The first kappa shape index (κ1) is 22.8. The van der Waals surface area contributed by atoms with Gasteiger partial charge in [-0.3, -0.25) is 0 Å². The van der Waals surface area contributed by atoms with Crippen molar-refractivity contribution in [3.05, 3.63) is 138 Å². The Balaban J connectivity index is 1.70. The average Bonchev–Trinajstić information content (AvgIpc) is 3.27. The van der Waals surface area contributed by atoms with Crippen LogP contribution in [0.3, 0.4) is 0 Å². The van der Waals surface area contributed by atoms with Gasteiger partial charge in [0.2, 0.25) is 0 Å². The zero-order valence-corrected chi connectivity index (χ0v) is 21.0. The molecule has 0 aliphatic carbocycles. The molecule has 3 nitrogen and oxygen atoms in total. The van der Waals surface area contributed by atoms with Crippen molar-refractivity contribution in [2.45, 2.75) is 11.8 Å². The summed E-state index contributed by atoms with van der Waals surface area (Å²) in [5, 5.41) is 2.96. The van der Waals surface area contributed by atoms with Crippen LogP contribution in [0.2, 0.25) is 0 Å². The lowest BCUT2D eigenvalue weighted by atomic mass is 10.0. The van der Waals surface area contributed by atoms with Crippen molar-refractivity contribution in [3.8, 4) is 23.0 Å². The van der Waals surface area contributed by atoms with Crippen LogP contribution in [0.25, 0.3) is 32.8 Å². The molecule has 0 unspecified atom stereocenters. The van der Waals surface area contributed by atoms with Crippen molar-refractivity contribution in [2.75, 3.05) is 0 Å². The number of hydrogen-bond donors (Lipinski definition) is 0. The number of fused-ring (bicyclic) bond motifs is 2. The van der Waals surface area contributed by atoms with Crippen LogP contribution in [0, 0.1) is 18.8 Å². The zero-order chi connectivity index (χ0) is 25.4. The zero-order valence-electron chi connectivity index (χ0n) is 20.2. The third-order valence-electron chi connectivity index (χ3n) is 6.56. The van der Waals surface area contributed by atoms with E-state index in [1.165, 1.54) is 3.97 Å². The molecule has 0 bridgehead atoms. The van der Waals surface area contributed by atoms with E-state index >= 15 is 0 Å². The van der Waals surface area contributed by atoms with Crippen LogP contribution in [0.5, 0.6) is 0 Å². The smallest absolute Gasteiger partial charge is 0.225 e. The molecule has 37 heavy (non-hydrogen) atoms. The fourth-order valence-corrected chi connectivity index (χ4v) is 6.23. The van der Waals surface area contributed by atoms with Gasteiger partial charge in [-0.25, -0.2) is 12.4 Å². The molecule has 0 amide bonds. The lowest BCUT2D eigenvalue weighted by Gasteiger charge is -2.10. The van der Waals surface area contributed by atoms with Crippen LogP contribution in [0.15, 0.2) is 126 Å². The molecule has 4 heteroatoms. The molecule has 0 aliphatic rings. The molecular formula is C33H23NO2S. The molecule has 5 aromatic carbocycles. The first-order valence-electron chi connectivity index (χ1n) is 12.0. The van der Waals surface area contributed by atoms with Crippen molar-refractivity contribution in [1.29, 1.82) is 0 Å². The van der Waals surface area contributed by atoms with Crippen LogP contribution in [0.4, 0.5) is 0 Å². The number of hydrogen-bond acceptors (Lipinski definition) is 2. The topological polar surface area (TPSA) is 39.1 Å². The minimum atomic E-state index is -3.93. The maximum Gasteiger partial charge on any atom is 0.269 e. The lowest BCUT2D eigenvalue weighted by molar-refractivity contribution is 0.588. The summed E-state index contributed by atoms with van der Waals surface area (Å²) in [6, 6.07) is 38.5. The molecule has 0 saturated heterocycles. The minimum Gasteiger partial charge on any atom is -0.225 e. The lowest BCUT2D eigenvalue weighted by Crippen LogP contribution is -2.15. The third-order valence-corrected chi connectivity index (χ3v) is 8.29. The fraction of sp³-hybridized carbons (Fsp3) is 0.0303. The SMILES string of the molecule is Cc1ccc(S(=O)(=O)n2c(C#Cc3cccc4ccccc34)c(-c3ccccc3)c3ccccc32)cc1. The van der Waals surface area contributed by atoms with Gasteiger partial charge in [-0.1, -0.05) is 109 Å². The highest BCUT2D eigenvalue weighted by molar-refractivity contribution is 7.90. The molecule has 0 atom stereocenters. The van der Waals surface area contributed by atoms with Crippen molar-refractivity contribution in [1.82, 2.24) is 3.97 Å². The van der Waals surface area contributed by atoms with Gasteiger partial charge in [0.25, 0.3) is 10.0 Å². The second kappa shape index (κ2) is 9.13. The molecule has 6 aromatic rings. The normalized spacial score (nSPS) is 11.4. The van der Waals surface area contributed by atoms with Crippen LogP contribution in [-0.2, 0) is 10.0 Å². The van der Waals surface area contributed by atoms with Gasteiger partial charge in [0.1, 0.15) is 5.69 Å². The van der Waals surface area contributed by atoms with Crippen LogP contribution >= 0.6 is 0 Å². The first-order chi connectivity index (χ1) is 18.0. The molecule has 0 spiro atoms. The summed E-state index contributed by atoms with van der Waals surface area (Å²) in [5.41, 5.74) is 4.61. The number of aromatic nitrogens is 1. The summed E-state index contributed by atoms with van der Waals surface area (Å²) in [6.45, 7) is 1.94. The standard InChI is InChI=1S/C33H23NO2S/c1-24-18-21-28(22-19-24)37(35,36)34-31-17-8-7-16-30(31)33(27-11-3-2-4-12-27)32(34)23-20-26-14-9-13-25-10-5-6-15-29(25)26/h2-19,21-22H,1H3. The molecule has 0 N–H and O–H groups in total. The Morgan fingerprint density at radius 1 is 0.622 bits per heavy atom. The maximum atomic E-state index is 14.1. The van der Waals surface area contributed by atoms with Gasteiger partial charge in [0.05, 0.1) is 10.4 Å². The van der Waals surface area contributed by atoms with Crippen LogP contribution in [0.1, 0.15) is 16.8 Å². The third kappa shape index (κ3) is 4.00. The quantitative estimate of drug-likeness (QED) is 0.239. The van der Waals surface area contributed by atoms with E-state index in [1.807, 2.05) is 104 Å². The predicted octanol–water partition coefficient (Wildman–Crippen LogP) is 7.41. The molecule has 1 aromatic heterocycles. The fourth-order valence-electron chi connectivity index (χ4n) is 4.75. The molecular weight excluding hydrogens is 474 g/mol. The van der Waals surface area contributed by atoms with E-state index in [1.54, 1.807) is 12.1 Å². The highest BCUT2D eigenvalue weighted by atomic mass is 32.2. The van der Waals surface area contributed by atoms with Gasteiger partial charge in [0.15, 0.2) is 0 Å². The summed E-state index contributed by atoms with van der Waals surface area (Å²) in [5.74, 6) is 6.61. The molecule has 178 valence electrons. The summed E-state index contributed by atoms with van der Waals surface area (Å²) < 4.78 is 29.7. The summed E-state index contributed by atoms with van der Waals surface area (Å²) in [4.78, 5) is 0.228. The minimum absolute atomic E-state index is 0.228. The second-order valence-electron chi connectivity index (χ2n) is 8.97. The summed E-state index contributed by atoms with van der Waals surface area (Å²) in [6.07, 6.45) is 0. The van der Waals surface area contributed by atoms with E-state index in [9.17, 15) is 8.42 Å². The summed E-state index contributed by atoms with van der Waals surface area (Å²) >= 11 is 0. The van der Waals surface area contributed by atoms with E-state index in [2.05, 4.69) is 24.0 Å². The maximum absolute atomic E-state index is 14.1. The van der Waals surface area contributed by atoms with Crippen LogP contribution < -0.4 is 0 Å². The Hall–Kier alpha value is -4.59. The van der Waals surface area contributed by atoms with Crippen molar-refractivity contribution >= 4 is 31.7 Å². The molecule has 0 saturated carbocycles. The van der Waals surface area contributed by atoms with Crippen molar-refractivity contribution in [3.63, 3.8) is 0 Å². The average molecular weight is 498 g/mol. The van der Waals surface area contributed by atoms with Gasteiger partial charge in [0, 0.05) is 16.5 Å².